The Labute approximate surface area is 156 Å². The van der Waals surface area contributed by atoms with E-state index in [-0.39, 0.29) is 5.70 Å². The van der Waals surface area contributed by atoms with Crippen molar-refractivity contribution in [3.63, 3.8) is 0 Å². The minimum Gasteiger partial charge on any atom is -0.363 e. The van der Waals surface area contributed by atoms with Gasteiger partial charge in [0.15, 0.2) is 5.82 Å². The zero-order valence-corrected chi connectivity index (χ0v) is 15.6. The maximum Gasteiger partial charge on any atom is 0.322 e. The van der Waals surface area contributed by atoms with Gasteiger partial charge in [0, 0.05) is 46.7 Å². The standard InChI is InChI=1S/C16H21ClN4O5/c1-4-26-16(25-3)14(24-2)13(21(22)23)15-19(7-8-20(15)16)10-11-5-6-12(17)18-9-11/h5-6,9,14H,4,7-8,10H2,1-3H3. The van der Waals surface area contributed by atoms with Gasteiger partial charge in [-0.15, -0.1) is 0 Å². The predicted octanol–water partition coefficient (Wildman–Crippen LogP) is 1.66. The van der Waals surface area contributed by atoms with Crippen LogP contribution in [0.15, 0.2) is 29.8 Å². The third-order valence-corrected chi connectivity index (χ3v) is 4.80. The molecule has 0 spiro atoms. The van der Waals surface area contributed by atoms with Crippen molar-refractivity contribution < 1.29 is 19.1 Å². The van der Waals surface area contributed by atoms with Crippen LogP contribution < -0.4 is 0 Å². The summed E-state index contributed by atoms with van der Waals surface area (Å²) in [5, 5.41) is 12.2. The molecule has 142 valence electrons. The summed E-state index contributed by atoms with van der Waals surface area (Å²) in [6, 6.07) is 3.54. The van der Waals surface area contributed by atoms with E-state index in [9.17, 15) is 10.1 Å². The number of fused-ring (bicyclic) bond motifs is 1. The van der Waals surface area contributed by atoms with Gasteiger partial charge in [0.2, 0.25) is 6.10 Å². The van der Waals surface area contributed by atoms with Gasteiger partial charge >= 0.3 is 5.70 Å². The van der Waals surface area contributed by atoms with E-state index in [1.165, 1.54) is 14.2 Å². The molecule has 2 unspecified atom stereocenters. The average Bonchev–Trinajstić information content (AvgIpc) is 3.14. The lowest BCUT2D eigenvalue weighted by atomic mass is 10.2. The summed E-state index contributed by atoms with van der Waals surface area (Å²) >= 11 is 5.83. The van der Waals surface area contributed by atoms with Crippen molar-refractivity contribution in [2.45, 2.75) is 25.5 Å². The molecule has 0 N–H and O–H groups in total. The van der Waals surface area contributed by atoms with Gasteiger partial charge in [0.05, 0.1) is 4.92 Å². The molecule has 0 bridgehead atoms. The van der Waals surface area contributed by atoms with E-state index in [1.54, 1.807) is 17.2 Å². The highest BCUT2D eigenvalue weighted by atomic mass is 35.5. The lowest BCUT2D eigenvalue weighted by Gasteiger charge is -2.38. The van der Waals surface area contributed by atoms with Crippen molar-refractivity contribution in [3.05, 3.63) is 50.7 Å². The number of pyridine rings is 1. The number of ether oxygens (including phenoxy) is 3. The van der Waals surface area contributed by atoms with Gasteiger partial charge in [-0.05, 0) is 18.6 Å². The van der Waals surface area contributed by atoms with Crippen molar-refractivity contribution in [2.75, 3.05) is 33.9 Å². The number of halogens is 1. The van der Waals surface area contributed by atoms with Crippen molar-refractivity contribution >= 4 is 11.6 Å². The van der Waals surface area contributed by atoms with Gasteiger partial charge in [-0.2, -0.15) is 0 Å². The van der Waals surface area contributed by atoms with E-state index < -0.39 is 16.9 Å². The summed E-state index contributed by atoms with van der Waals surface area (Å²) in [7, 11) is 2.88. The zero-order chi connectivity index (χ0) is 18.9. The fourth-order valence-corrected chi connectivity index (χ4v) is 3.70. The van der Waals surface area contributed by atoms with E-state index in [0.29, 0.717) is 37.2 Å². The first-order chi connectivity index (χ1) is 12.5. The van der Waals surface area contributed by atoms with Crippen LogP contribution in [0.2, 0.25) is 5.15 Å². The normalized spacial score (nSPS) is 25.2. The molecule has 1 saturated heterocycles. The largest absolute Gasteiger partial charge is 0.363 e. The zero-order valence-electron chi connectivity index (χ0n) is 14.8. The van der Waals surface area contributed by atoms with Crippen LogP contribution in [0.25, 0.3) is 0 Å². The summed E-state index contributed by atoms with van der Waals surface area (Å²) in [5.74, 6) is -0.902. The Bertz CT molecular complexity index is 713. The molecule has 2 atom stereocenters. The third-order valence-electron chi connectivity index (χ3n) is 4.57. The van der Waals surface area contributed by atoms with Crippen molar-refractivity contribution in [1.29, 1.82) is 0 Å². The highest BCUT2D eigenvalue weighted by molar-refractivity contribution is 6.29. The van der Waals surface area contributed by atoms with Crippen LogP contribution in [0.5, 0.6) is 0 Å². The number of nitrogens with zero attached hydrogens (tertiary/aromatic N) is 4. The second-order valence-corrected chi connectivity index (χ2v) is 6.30. The monoisotopic (exact) mass is 384 g/mol. The van der Waals surface area contributed by atoms with E-state index in [4.69, 9.17) is 25.8 Å². The topological polar surface area (TPSA) is 90.2 Å². The Morgan fingerprint density at radius 1 is 1.42 bits per heavy atom. The van der Waals surface area contributed by atoms with E-state index in [1.807, 2.05) is 17.9 Å². The smallest absolute Gasteiger partial charge is 0.322 e. The first kappa shape index (κ1) is 18.8. The van der Waals surface area contributed by atoms with Crippen LogP contribution in [0.1, 0.15) is 12.5 Å². The quantitative estimate of drug-likeness (QED) is 0.303. The van der Waals surface area contributed by atoms with Gasteiger partial charge in [-0.1, -0.05) is 17.7 Å². The van der Waals surface area contributed by atoms with E-state index in [0.717, 1.165) is 5.56 Å². The lowest BCUT2D eigenvalue weighted by Crippen LogP contribution is -2.56. The predicted molar refractivity (Wildman–Crippen MR) is 92.5 cm³/mol. The van der Waals surface area contributed by atoms with Crippen molar-refractivity contribution in [2.24, 2.45) is 0 Å². The Morgan fingerprint density at radius 3 is 2.73 bits per heavy atom. The molecule has 3 heterocycles. The Balaban J connectivity index is 2.00. The maximum absolute atomic E-state index is 11.8. The fourth-order valence-electron chi connectivity index (χ4n) is 3.59. The molecule has 2 aliphatic heterocycles. The van der Waals surface area contributed by atoms with Crippen molar-refractivity contribution in [3.8, 4) is 0 Å². The molecule has 26 heavy (non-hydrogen) atoms. The van der Waals surface area contributed by atoms with Crippen molar-refractivity contribution in [1.82, 2.24) is 14.8 Å². The van der Waals surface area contributed by atoms with Crippen LogP contribution in [-0.4, -0.2) is 65.6 Å². The van der Waals surface area contributed by atoms with Crippen LogP contribution in [0.3, 0.4) is 0 Å². The lowest BCUT2D eigenvalue weighted by molar-refractivity contribution is -0.447. The second kappa shape index (κ2) is 7.36. The first-order valence-electron chi connectivity index (χ1n) is 8.22. The minimum atomic E-state index is -1.35. The summed E-state index contributed by atoms with van der Waals surface area (Å²) in [5.41, 5.74) is 0.828. The molecule has 2 aliphatic rings. The average molecular weight is 385 g/mol. The Hall–Kier alpha value is -1.94. The molecule has 0 aromatic carbocycles. The fraction of sp³-hybridized carbons (Fsp3) is 0.562. The first-order valence-corrected chi connectivity index (χ1v) is 8.59. The molecular weight excluding hydrogens is 364 g/mol. The maximum atomic E-state index is 11.8. The Morgan fingerprint density at radius 2 is 2.19 bits per heavy atom. The molecule has 1 aromatic rings. The molecule has 0 amide bonds. The minimum absolute atomic E-state index is 0.0674. The highest BCUT2D eigenvalue weighted by Gasteiger charge is 2.64. The number of rotatable bonds is 7. The number of hydrogen-bond acceptors (Lipinski definition) is 8. The molecule has 0 saturated carbocycles. The van der Waals surface area contributed by atoms with Gasteiger partial charge < -0.3 is 19.1 Å². The highest BCUT2D eigenvalue weighted by Crippen LogP contribution is 2.45. The number of aromatic nitrogens is 1. The molecule has 10 heteroatoms. The summed E-state index contributed by atoms with van der Waals surface area (Å²) in [4.78, 5) is 19.2. The SMILES string of the molecule is CCOC1(OC)C(OC)C([N+](=O)[O-])=C2N(Cc3ccc(Cl)nc3)CCN21. The summed E-state index contributed by atoms with van der Waals surface area (Å²) < 4.78 is 16.9. The van der Waals surface area contributed by atoms with Crippen LogP contribution in [0.4, 0.5) is 0 Å². The van der Waals surface area contributed by atoms with Crippen LogP contribution in [-0.2, 0) is 20.8 Å². The second-order valence-electron chi connectivity index (χ2n) is 5.91. The van der Waals surface area contributed by atoms with E-state index >= 15 is 0 Å². The number of hydrogen-bond donors (Lipinski definition) is 0. The summed E-state index contributed by atoms with van der Waals surface area (Å²) in [6.45, 7) is 3.69. The molecule has 9 nitrogen and oxygen atoms in total. The van der Waals surface area contributed by atoms with Gasteiger partial charge in [0.25, 0.3) is 5.91 Å². The van der Waals surface area contributed by atoms with Gasteiger partial charge in [-0.3, -0.25) is 15.0 Å². The molecule has 1 fully saturated rings. The molecule has 3 rings (SSSR count). The number of methoxy groups -OCH3 is 2. The van der Waals surface area contributed by atoms with E-state index in [2.05, 4.69) is 4.98 Å². The molecule has 0 aliphatic carbocycles. The number of nitro groups is 1. The third kappa shape index (κ3) is 2.90. The van der Waals surface area contributed by atoms with Crippen LogP contribution >= 0.6 is 11.6 Å². The molecular formula is C16H21ClN4O5. The Kier molecular flexibility index (Phi) is 5.33. The van der Waals surface area contributed by atoms with Gasteiger partial charge in [0.1, 0.15) is 5.15 Å². The van der Waals surface area contributed by atoms with Crippen LogP contribution in [0, 0.1) is 10.1 Å². The summed E-state index contributed by atoms with van der Waals surface area (Å²) in [6.07, 6.45) is 0.690. The molecule has 1 aromatic heterocycles. The van der Waals surface area contributed by atoms with Gasteiger partial charge in [-0.25, -0.2) is 4.98 Å². The molecule has 0 radical (unpaired) electrons.